The zero-order valence-corrected chi connectivity index (χ0v) is 21.5. The first-order valence-electron chi connectivity index (χ1n) is 10.9. The molecule has 4 aromatic rings. The standard InChI is InChI=1S/C27H26N2O4S2/c1-16-8-11-21(12-9-16)35(31,32)26-23(28)25(24(30)19-6-5-7-20(15-19)33-4)34-27(26)29-22-13-10-17(2)14-18(22)3/h5-15,29H,28H2,1-4H3. The predicted octanol–water partition coefficient (Wildman–Crippen LogP) is 6.07. The number of ketones is 1. The second kappa shape index (κ2) is 9.56. The molecule has 4 rings (SSSR count). The number of rotatable bonds is 7. The number of carbonyl (C=O) groups is 1. The van der Waals surface area contributed by atoms with Gasteiger partial charge < -0.3 is 15.8 Å². The molecular weight excluding hydrogens is 480 g/mol. The molecule has 35 heavy (non-hydrogen) atoms. The minimum atomic E-state index is -4.02. The van der Waals surface area contributed by atoms with Crippen LogP contribution in [0.2, 0.25) is 0 Å². The van der Waals surface area contributed by atoms with Crippen LogP contribution in [0.3, 0.4) is 0 Å². The highest BCUT2D eigenvalue weighted by Crippen LogP contribution is 2.44. The molecule has 0 unspecified atom stereocenters. The van der Waals surface area contributed by atoms with Crippen molar-refractivity contribution in [1.29, 1.82) is 0 Å². The van der Waals surface area contributed by atoms with E-state index < -0.39 is 9.84 Å². The monoisotopic (exact) mass is 506 g/mol. The number of nitrogens with one attached hydrogen (secondary N) is 1. The molecule has 0 aliphatic carbocycles. The summed E-state index contributed by atoms with van der Waals surface area (Å²) >= 11 is 1.03. The molecule has 1 aromatic heterocycles. The molecule has 0 fully saturated rings. The van der Waals surface area contributed by atoms with Crippen molar-refractivity contribution in [1.82, 2.24) is 0 Å². The number of hydrogen-bond donors (Lipinski definition) is 2. The summed E-state index contributed by atoms with van der Waals surface area (Å²) in [6.07, 6.45) is 0. The van der Waals surface area contributed by atoms with Crippen LogP contribution < -0.4 is 15.8 Å². The second-order valence-electron chi connectivity index (χ2n) is 8.32. The van der Waals surface area contributed by atoms with E-state index in [9.17, 15) is 13.2 Å². The van der Waals surface area contributed by atoms with Gasteiger partial charge in [-0.2, -0.15) is 0 Å². The van der Waals surface area contributed by atoms with E-state index in [0.717, 1.165) is 33.7 Å². The number of nitrogens with two attached hydrogens (primary N) is 1. The summed E-state index contributed by atoms with van der Waals surface area (Å²) in [6.45, 7) is 5.80. The van der Waals surface area contributed by atoms with Crippen molar-refractivity contribution >= 4 is 43.3 Å². The van der Waals surface area contributed by atoms with E-state index in [1.807, 2.05) is 39.0 Å². The van der Waals surface area contributed by atoms with Crippen molar-refractivity contribution in [3.8, 4) is 5.75 Å². The number of methoxy groups -OCH3 is 1. The second-order valence-corrected chi connectivity index (χ2v) is 11.2. The Bertz CT molecular complexity index is 1520. The van der Waals surface area contributed by atoms with Crippen LogP contribution in [-0.2, 0) is 9.84 Å². The molecule has 3 aromatic carbocycles. The van der Waals surface area contributed by atoms with E-state index in [4.69, 9.17) is 10.5 Å². The Morgan fingerprint density at radius 2 is 1.63 bits per heavy atom. The first kappa shape index (κ1) is 24.5. The number of thiophene rings is 1. The van der Waals surface area contributed by atoms with Gasteiger partial charge in [-0.3, -0.25) is 4.79 Å². The van der Waals surface area contributed by atoms with Crippen molar-refractivity contribution in [2.45, 2.75) is 30.6 Å². The lowest BCUT2D eigenvalue weighted by Crippen LogP contribution is -2.08. The van der Waals surface area contributed by atoms with E-state index in [0.29, 0.717) is 16.3 Å². The van der Waals surface area contributed by atoms with Crippen molar-refractivity contribution < 1.29 is 17.9 Å². The van der Waals surface area contributed by atoms with Crippen LogP contribution in [0, 0.1) is 20.8 Å². The van der Waals surface area contributed by atoms with E-state index in [1.54, 1.807) is 48.5 Å². The first-order chi connectivity index (χ1) is 16.6. The van der Waals surface area contributed by atoms with Crippen LogP contribution in [0.1, 0.15) is 31.9 Å². The Morgan fingerprint density at radius 3 is 2.29 bits per heavy atom. The summed E-state index contributed by atoms with van der Waals surface area (Å²) in [5.74, 6) is 0.146. The zero-order valence-electron chi connectivity index (χ0n) is 19.9. The summed E-state index contributed by atoms with van der Waals surface area (Å²) in [7, 11) is -2.50. The quantitative estimate of drug-likeness (QED) is 0.295. The van der Waals surface area contributed by atoms with Gasteiger partial charge in [-0.25, -0.2) is 8.42 Å². The number of hydrogen-bond acceptors (Lipinski definition) is 7. The Hall–Kier alpha value is -3.62. The highest BCUT2D eigenvalue weighted by molar-refractivity contribution is 7.92. The van der Waals surface area contributed by atoms with Crippen molar-refractivity contribution in [3.63, 3.8) is 0 Å². The molecule has 0 saturated carbocycles. The van der Waals surface area contributed by atoms with E-state index >= 15 is 0 Å². The van der Waals surface area contributed by atoms with Gasteiger partial charge >= 0.3 is 0 Å². The number of benzene rings is 3. The lowest BCUT2D eigenvalue weighted by molar-refractivity contribution is 0.104. The fourth-order valence-electron chi connectivity index (χ4n) is 3.75. The van der Waals surface area contributed by atoms with Crippen LogP contribution in [0.15, 0.2) is 76.5 Å². The summed E-state index contributed by atoms with van der Waals surface area (Å²) in [4.78, 5) is 13.6. The van der Waals surface area contributed by atoms with Crippen LogP contribution in [0.5, 0.6) is 5.75 Å². The third kappa shape index (κ3) is 4.80. The molecule has 0 saturated heterocycles. The van der Waals surface area contributed by atoms with Gasteiger partial charge in [-0.15, -0.1) is 11.3 Å². The minimum absolute atomic E-state index is 0.0735. The van der Waals surface area contributed by atoms with Crippen LogP contribution >= 0.6 is 11.3 Å². The third-order valence-electron chi connectivity index (χ3n) is 5.67. The average Bonchev–Trinajstić information content (AvgIpc) is 3.17. The SMILES string of the molecule is COc1cccc(C(=O)c2sc(Nc3ccc(C)cc3C)c(S(=O)(=O)c3ccc(C)cc3)c2N)c1. The van der Waals surface area contributed by atoms with Gasteiger partial charge in [-0.1, -0.05) is 47.5 Å². The lowest BCUT2D eigenvalue weighted by atomic mass is 10.1. The number of anilines is 3. The fourth-order valence-corrected chi connectivity index (χ4v) is 6.68. The van der Waals surface area contributed by atoms with Gasteiger partial charge in [0.25, 0.3) is 0 Å². The van der Waals surface area contributed by atoms with Crippen molar-refractivity contribution in [2.24, 2.45) is 0 Å². The van der Waals surface area contributed by atoms with Crippen molar-refractivity contribution in [3.05, 3.63) is 93.9 Å². The molecule has 0 spiro atoms. The summed E-state index contributed by atoms with van der Waals surface area (Å²) < 4.78 is 32.7. The van der Waals surface area contributed by atoms with E-state index in [1.165, 1.54) is 7.11 Å². The summed E-state index contributed by atoms with van der Waals surface area (Å²) in [5, 5.41) is 3.52. The van der Waals surface area contributed by atoms with Crippen LogP contribution in [0.25, 0.3) is 0 Å². The first-order valence-corrected chi connectivity index (χ1v) is 13.2. The molecule has 180 valence electrons. The molecule has 1 heterocycles. The maximum Gasteiger partial charge on any atom is 0.211 e. The molecule has 0 atom stereocenters. The Balaban J connectivity index is 1.89. The topological polar surface area (TPSA) is 98.5 Å². The highest BCUT2D eigenvalue weighted by Gasteiger charge is 2.32. The molecule has 0 radical (unpaired) electrons. The normalized spacial score (nSPS) is 11.3. The lowest BCUT2D eigenvalue weighted by Gasteiger charge is -2.12. The van der Waals surface area contributed by atoms with Gasteiger partial charge in [0.05, 0.1) is 17.7 Å². The fraction of sp³-hybridized carbons (Fsp3) is 0.148. The molecular formula is C27H26N2O4S2. The van der Waals surface area contributed by atoms with Crippen LogP contribution in [-0.4, -0.2) is 21.3 Å². The van der Waals surface area contributed by atoms with Gasteiger partial charge in [-0.05, 0) is 56.7 Å². The van der Waals surface area contributed by atoms with Gasteiger partial charge in [0.15, 0.2) is 0 Å². The zero-order chi connectivity index (χ0) is 25.3. The maximum atomic E-state index is 13.7. The highest BCUT2D eigenvalue weighted by atomic mass is 32.2. The summed E-state index contributed by atoms with van der Waals surface area (Å²) in [6, 6.07) is 19.1. The van der Waals surface area contributed by atoms with E-state index in [-0.39, 0.29) is 26.1 Å². The van der Waals surface area contributed by atoms with E-state index in [2.05, 4.69) is 5.32 Å². The number of carbonyl (C=O) groups excluding carboxylic acids is 1. The van der Waals surface area contributed by atoms with Gasteiger partial charge in [0.1, 0.15) is 20.5 Å². The molecule has 0 amide bonds. The Labute approximate surface area is 209 Å². The summed E-state index contributed by atoms with van der Waals surface area (Å²) in [5.41, 5.74) is 10.4. The molecule has 6 nitrogen and oxygen atoms in total. The van der Waals surface area contributed by atoms with Crippen LogP contribution in [0.4, 0.5) is 16.4 Å². The molecule has 0 bridgehead atoms. The number of ether oxygens (including phenoxy) is 1. The maximum absolute atomic E-state index is 13.7. The minimum Gasteiger partial charge on any atom is -0.497 e. The number of aryl methyl sites for hydroxylation is 3. The Morgan fingerprint density at radius 1 is 0.943 bits per heavy atom. The number of nitrogen functional groups attached to an aromatic ring is 1. The smallest absolute Gasteiger partial charge is 0.211 e. The molecule has 8 heteroatoms. The van der Waals surface area contributed by atoms with Gasteiger partial charge in [0, 0.05) is 11.3 Å². The molecule has 0 aliphatic heterocycles. The Kier molecular flexibility index (Phi) is 6.69. The predicted molar refractivity (Wildman–Crippen MR) is 141 cm³/mol. The largest absolute Gasteiger partial charge is 0.497 e. The average molecular weight is 507 g/mol. The van der Waals surface area contributed by atoms with Gasteiger partial charge in [0.2, 0.25) is 15.6 Å². The molecule has 0 aliphatic rings. The third-order valence-corrected chi connectivity index (χ3v) is 8.77. The van der Waals surface area contributed by atoms with Crippen molar-refractivity contribution in [2.75, 3.05) is 18.2 Å². The molecule has 3 N–H and O–H groups in total. The number of sulfone groups is 1.